The van der Waals surface area contributed by atoms with E-state index in [-0.39, 0.29) is 5.96 Å². The molecular formula is C6H17N3O4S. The minimum atomic E-state index is -4.67. The maximum absolute atomic E-state index is 8.74. The average Bonchev–Trinajstić information content (AvgIpc) is 1.96. The van der Waals surface area contributed by atoms with E-state index in [1.807, 2.05) is 7.05 Å². The van der Waals surface area contributed by atoms with Gasteiger partial charge in [-0.25, -0.2) is 0 Å². The molecule has 0 aliphatic heterocycles. The summed E-state index contributed by atoms with van der Waals surface area (Å²) in [4.78, 5) is 1.74. The van der Waals surface area contributed by atoms with Crippen molar-refractivity contribution in [2.75, 3.05) is 13.6 Å². The van der Waals surface area contributed by atoms with Crippen LogP contribution in [-0.4, -0.2) is 42.0 Å². The molecule has 86 valence electrons. The van der Waals surface area contributed by atoms with Crippen molar-refractivity contribution >= 4 is 16.4 Å². The minimum Gasteiger partial charge on any atom is -0.370 e. The maximum atomic E-state index is 8.74. The van der Waals surface area contributed by atoms with Crippen molar-refractivity contribution in [3.8, 4) is 0 Å². The lowest BCUT2D eigenvalue weighted by atomic mass is 10.3. The second-order valence-corrected chi connectivity index (χ2v) is 3.50. The molecule has 0 saturated carbocycles. The number of nitrogens with zero attached hydrogens (tertiary/aromatic N) is 1. The molecule has 0 fully saturated rings. The van der Waals surface area contributed by atoms with E-state index in [0.717, 1.165) is 19.4 Å². The molecule has 5 N–H and O–H groups in total. The van der Waals surface area contributed by atoms with Gasteiger partial charge in [0.05, 0.1) is 0 Å². The van der Waals surface area contributed by atoms with Crippen molar-refractivity contribution in [3.63, 3.8) is 0 Å². The molecule has 0 unspecified atom stereocenters. The molecule has 0 heterocycles. The number of nitrogens with two attached hydrogens (primary N) is 1. The van der Waals surface area contributed by atoms with Gasteiger partial charge in [0.25, 0.3) is 0 Å². The monoisotopic (exact) mass is 227 g/mol. The molecule has 0 aliphatic rings. The van der Waals surface area contributed by atoms with Crippen LogP contribution in [0.1, 0.15) is 19.8 Å². The molecule has 7 nitrogen and oxygen atoms in total. The molecule has 0 amide bonds. The van der Waals surface area contributed by atoms with Gasteiger partial charge >= 0.3 is 10.4 Å². The molecule has 0 bridgehead atoms. The summed E-state index contributed by atoms with van der Waals surface area (Å²) in [7, 11) is -2.84. The number of nitrogens with one attached hydrogen (secondary N) is 1. The second-order valence-electron chi connectivity index (χ2n) is 2.61. The third-order valence-electron chi connectivity index (χ3n) is 1.26. The third kappa shape index (κ3) is 22.5. The van der Waals surface area contributed by atoms with Crippen LogP contribution in [0.5, 0.6) is 0 Å². The van der Waals surface area contributed by atoms with Gasteiger partial charge in [-0.15, -0.1) is 0 Å². The summed E-state index contributed by atoms with van der Waals surface area (Å²) in [5.74, 6) is 0.156. The molecule has 0 spiro atoms. The highest BCUT2D eigenvalue weighted by Crippen LogP contribution is 1.88. The van der Waals surface area contributed by atoms with E-state index in [1.54, 1.807) is 4.90 Å². The van der Waals surface area contributed by atoms with Crippen LogP contribution in [-0.2, 0) is 10.4 Å². The summed E-state index contributed by atoms with van der Waals surface area (Å²) in [6.07, 6.45) is 2.26. The SMILES string of the molecule is CCCCN(C)C(=N)N.O=S(=O)(O)O. The van der Waals surface area contributed by atoms with Crippen LogP contribution >= 0.6 is 0 Å². The molecule has 0 radical (unpaired) electrons. The average molecular weight is 227 g/mol. The van der Waals surface area contributed by atoms with E-state index in [2.05, 4.69) is 6.92 Å². The second kappa shape index (κ2) is 7.54. The van der Waals surface area contributed by atoms with Gasteiger partial charge in [-0.1, -0.05) is 13.3 Å². The van der Waals surface area contributed by atoms with Gasteiger partial charge in [0.15, 0.2) is 5.96 Å². The third-order valence-corrected chi connectivity index (χ3v) is 1.26. The summed E-state index contributed by atoms with van der Waals surface area (Å²) >= 11 is 0. The minimum absolute atomic E-state index is 0.156. The standard InChI is InChI=1S/C6H15N3.H2O4S/c1-3-4-5-9(2)6(7)8;1-5(2,3)4/h3-5H2,1-2H3,(H3,7,8);(H2,1,2,3,4). The number of guanidine groups is 1. The zero-order chi connectivity index (χ0) is 11.8. The van der Waals surface area contributed by atoms with E-state index in [1.165, 1.54) is 0 Å². The number of rotatable bonds is 3. The Morgan fingerprint density at radius 2 is 1.86 bits per heavy atom. The Morgan fingerprint density at radius 3 is 2.07 bits per heavy atom. The maximum Gasteiger partial charge on any atom is 0.394 e. The van der Waals surface area contributed by atoms with Gasteiger partial charge in [-0.2, -0.15) is 8.42 Å². The highest BCUT2D eigenvalue weighted by molar-refractivity contribution is 7.79. The van der Waals surface area contributed by atoms with Crippen LogP contribution in [0.3, 0.4) is 0 Å². The summed E-state index contributed by atoms with van der Waals surface area (Å²) in [5.41, 5.74) is 5.19. The molecule has 0 saturated heterocycles. The zero-order valence-electron chi connectivity index (χ0n) is 8.27. The number of hydrogen-bond acceptors (Lipinski definition) is 3. The molecule has 0 rings (SSSR count). The summed E-state index contributed by atoms with van der Waals surface area (Å²) in [6, 6.07) is 0. The Labute approximate surface area is 84.0 Å². The van der Waals surface area contributed by atoms with Gasteiger partial charge < -0.3 is 10.6 Å². The van der Waals surface area contributed by atoms with Crippen LogP contribution in [0.2, 0.25) is 0 Å². The van der Waals surface area contributed by atoms with Gasteiger partial charge in [-0.3, -0.25) is 14.5 Å². The lowest BCUT2D eigenvalue weighted by Crippen LogP contribution is -2.33. The van der Waals surface area contributed by atoms with Crippen LogP contribution in [0.25, 0.3) is 0 Å². The van der Waals surface area contributed by atoms with Crippen LogP contribution < -0.4 is 5.73 Å². The van der Waals surface area contributed by atoms with Crippen molar-refractivity contribution in [2.45, 2.75) is 19.8 Å². The van der Waals surface area contributed by atoms with E-state index in [4.69, 9.17) is 28.7 Å². The van der Waals surface area contributed by atoms with E-state index in [9.17, 15) is 0 Å². The predicted molar refractivity (Wildman–Crippen MR) is 53.6 cm³/mol. The quantitative estimate of drug-likeness (QED) is 0.304. The van der Waals surface area contributed by atoms with E-state index in [0.29, 0.717) is 0 Å². The Morgan fingerprint density at radius 1 is 1.50 bits per heavy atom. The first-order valence-electron chi connectivity index (χ1n) is 3.93. The van der Waals surface area contributed by atoms with Gasteiger partial charge in [0.2, 0.25) is 0 Å². The fraction of sp³-hybridized carbons (Fsp3) is 0.833. The first-order chi connectivity index (χ1) is 6.18. The number of unbranched alkanes of at least 4 members (excludes halogenated alkanes) is 1. The highest BCUT2D eigenvalue weighted by atomic mass is 32.3. The molecule has 8 heteroatoms. The molecule has 0 aliphatic carbocycles. The van der Waals surface area contributed by atoms with Crippen LogP contribution in [0.15, 0.2) is 0 Å². The van der Waals surface area contributed by atoms with Crippen molar-refractivity contribution < 1.29 is 17.5 Å². The largest absolute Gasteiger partial charge is 0.394 e. The topological polar surface area (TPSA) is 128 Å². The lowest BCUT2D eigenvalue weighted by Gasteiger charge is -2.14. The zero-order valence-corrected chi connectivity index (χ0v) is 9.08. The summed E-state index contributed by atoms with van der Waals surface area (Å²) < 4.78 is 31.6. The fourth-order valence-electron chi connectivity index (χ4n) is 0.516. The Balaban J connectivity index is 0. The molecule has 14 heavy (non-hydrogen) atoms. The smallest absolute Gasteiger partial charge is 0.370 e. The van der Waals surface area contributed by atoms with Gasteiger partial charge in [0, 0.05) is 13.6 Å². The highest BCUT2D eigenvalue weighted by Gasteiger charge is 1.95. The van der Waals surface area contributed by atoms with Gasteiger partial charge in [-0.05, 0) is 6.42 Å². The summed E-state index contributed by atoms with van der Waals surface area (Å²) in [5, 5.41) is 6.98. The Hall–Kier alpha value is -0.860. The molecule has 0 aromatic heterocycles. The fourth-order valence-corrected chi connectivity index (χ4v) is 0.516. The van der Waals surface area contributed by atoms with Gasteiger partial charge in [0.1, 0.15) is 0 Å². The number of hydrogen-bond donors (Lipinski definition) is 4. The van der Waals surface area contributed by atoms with E-state index >= 15 is 0 Å². The normalized spacial score (nSPS) is 10.0. The Kier molecular flexibility index (Phi) is 8.40. The first kappa shape index (κ1) is 15.6. The molecular weight excluding hydrogens is 210 g/mol. The molecule has 0 aromatic carbocycles. The van der Waals surface area contributed by atoms with Crippen molar-refractivity contribution in [1.82, 2.24) is 4.90 Å². The Bertz CT molecular complexity index is 244. The van der Waals surface area contributed by atoms with E-state index < -0.39 is 10.4 Å². The molecule has 0 atom stereocenters. The molecule has 0 aromatic rings. The first-order valence-corrected chi connectivity index (χ1v) is 5.33. The van der Waals surface area contributed by atoms with Crippen LogP contribution in [0.4, 0.5) is 0 Å². The van der Waals surface area contributed by atoms with Crippen molar-refractivity contribution in [3.05, 3.63) is 0 Å². The van der Waals surface area contributed by atoms with Crippen molar-refractivity contribution in [2.24, 2.45) is 5.73 Å². The lowest BCUT2D eigenvalue weighted by molar-refractivity contribution is 0.381. The van der Waals surface area contributed by atoms with Crippen LogP contribution in [0, 0.1) is 5.41 Å². The van der Waals surface area contributed by atoms with Crippen molar-refractivity contribution in [1.29, 1.82) is 5.41 Å². The predicted octanol–water partition coefficient (Wildman–Crippen LogP) is -0.0410. The summed E-state index contributed by atoms with van der Waals surface area (Å²) in [6.45, 7) is 3.01.